The maximum Gasteiger partial charge on any atom is 0.327 e. The Morgan fingerprint density at radius 3 is 2.59 bits per heavy atom. The van der Waals surface area contributed by atoms with Crippen molar-refractivity contribution in [3.8, 4) is 22.6 Å². The Hall–Kier alpha value is -3.98. The molecule has 0 saturated carbocycles. The Morgan fingerprint density at radius 1 is 1.16 bits per heavy atom. The minimum absolute atomic E-state index is 0.144. The fourth-order valence-corrected chi connectivity index (χ4v) is 3.65. The van der Waals surface area contributed by atoms with E-state index in [1.807, 2.05) is 30.3 Å². The molecule has 1 atom stereocenters. The number of aromatic nitrogens is 5. The number of ether oxygens (including phenoxy) is 1. The molecule has 0 amide bonds. The van der Waals surface area contributed by atoms with Crippen LogP contribution in [0.4, 0.5) is 0 Å². The van der Waals surface area contributed by atoms with E-state index in [0.717, 1.165) is 5.56 Å². The smallest absolute Gasteiger partial charge is 0.327 e. The second-order valence-corrected chi connectivity index (χ2v) is 7.40. The van der Waals surface area contributed by atoms with Gasteiger partial charge in [0.05, 0.1) is 19.0 Å². The lowest BCUT2D eigenvalue weighted by atomic mass is 10.0. The Labute approximate surface area is 187 Å². The zero-order chi connectivity index (χ0) is 22.7. The van der Waals surface area contributed by atoms with Crippen molar-refractivity contribution < 1.29 is 14.6 Å². The summed E-state index contributed by atoms with van der Waals surface area (Å²) in [5.41, 5.74) is 1.87. The third-order valence-corrected chi connectivity index (χ3v) is 5.24. The third kappa shape index (κ3) is 4.23. The van der Waals surface area contributed by atoms with Gasteiger partial charge in [-0.2, -0.15) is 4.68 Å². The van der Waals surface area contributed by atoms with E-state index >= 15 is 0 Å². The van der Waals surface area contributed by atoms with E-state index in [1.165, 1.54) is 34.9 Å². The van der Waals surface area contributed by atoms with Crippen LogP contribution in [0.1, 0.15) is 11.6 Å². The minimum Gasteiger partial charge on any atom is -0.495 e. The van der Waals surface area contributed by atoms with Crippen LogP contribution < -0.4 is 10.3 Å². The first-order valence-electron chi connectivity index (χ1n) is 9.58. The molecule has 0 bridgehead atoms. The number of carbonyl (C=O) groups is 1. The van der Waals surface area contributed by atoms with Gasteiger partial charge in [0.2, 0.25) is 0 Å². The summed E-state index contributed by atoms with van der Waals surface area (Å²) < 4.78 is 8.13. The number of hydrogen-bond donors (Lipinski definition) is 1. The van der Waals surface area contributed by atoms with Crippen LogP contribution in [0.2, 0.25) is 5.02 Å². The van der Waals surface area contributed by atoms with E-state index in [4.69, 9.17) is 16.3 Å². The van der Waals surface area contributed by atoms with Gasteiger partial charge in [0, 0.05) is 28.6 Å². The average molecular weight is 452 g/mol. The van der Waals surface area contributed by atoms with Gasteiger partial charge in [0.25, 0.3) is 5.56 Å². The third-order valence-electron chi connectivity index (χ3n) is 5.00. The van der Waals surface area contributed by atoms with Crippen molar-refractivity contribution in [1.29, 1.82) is 0 Å². The van der Waals surface area contributed by atoms with Gasteiger partial charge in [-0.1, -0.05) is 41.9 Å². The number of benzene rings is 2. The molecule has 1 N–H and O–H groups in total. The van der Waals surface area contributed by atoms with E-state index in [1.54, 1.807) is 18.2 Å². The number of pyridine rings is 1. The number of carboxylic acid groups (broad SMARTS) is 1. The van der Waals surface area contributed by atoms with Crippen molar-refractivity contribution in [1.82, 2.24) is 24.8 Å². The summed E-state index contributed by atoms with van der Waals surface area (Å²) in [7, 11) is 1.45. The van der Waals surface area contributed by atoms with Crippen LogP contribution in [0.15, 0.2) is 71.9 Å². The fraction of sp³-hybridized carbons (Fsp3) is 0.136. The highest BCUT2D eigenvalue weighted by Crippen LogP contribution is 2.35. The molecule has 162 valence electrons. The molecule has 10 heteroatoms. The zero-order valence-corrected chi connectivity index (χ0v) is 17.7. The predicted octanol–water partition coefficient (Wildman–Crippen LogP) is 3.02. The molecule has 2 aromatic carbocycles. The van der Waals surface area contributed by atoms with Crippen LogP contribution in [-0.4, -0.2) is 43.0 Å². The van der Waals surface area contributed by atoms with Crippen molar-refractivity contribution in [3.05, 3.63) is 88.1 Å². The number of halogens is 1. The molecule has 0 spiro atoms. The number of nitrogens with zero attached hydrogens (tertiary/aromatic N) is 5. The lowest BCUT2D eigenvalue weighted by Crippen LogP contribution is -2.31. The highest BCUT2D eigenvalue weighted by molar-refractivity contribution is 6.31. The topological polar surface area (TPSA) is 112 Å². The molecule has 1 unspecified atom stereocenters. The van der Waals surface area contributed by atoms with Gasteiger partial charge in [-0.15, -0.1) is 5.10 Å². The first kappa shape index (κ1) is 21.3. The second-order valence-electron chi connectivity index (χ2n) is 6.96. The highest BCUT2D eigenvalue weighted by atomic mass is 35.5. The molecule has 9 nitrogen and oxygen atoms in total. The minimum atomic E-state index is -1.12. The lowest BCUT2D eigenvalue weighted by Gasteiger charge is -2.19. The van der Waals surface area contributed by atoms with E-state index in [2.05, 4.69) is 15.5 Å². The first-order valence-corrected chi connectivity index (χ1v) is 9.96. The molecular formula is C22H18ClN5O4. The van der Waals surface area contributed by atoms with Gasteiger partial charge >= 0.3 is 5.97 Å². The van der Waals surface area contributed by atoms with Crippen LogP contribution >= 0.6 is 11.6 Å². The van der Waals surface area contributed by atoms with E-state index < -0.39 is 17.6 Å². The monoisotopic (exact) mass is 451 g/mol. The highest BCUT2D eigenvalue weighted by Gasteiger charge is 2.24. The normalized spacial score (nSPS) is 11.8. The van der Waals surface area contributed by atoms with Gasteiger partial charge in [0.15, 0.2) is 0 Å². The van der Waals surface area contributed by atoms with Gasteiger partial charge < -0.3 is 9.84 Å². The fourth-order valence-electron chi connectivity index (χ4n) is 3.48. The summed E-state index contributed by atoms with van der Waals surface area (Å²) in [6, 6.07) is 14.4. The summed E-state index contributed by atoms with van der Waals surface area (Å²) in [4.78, 5) is 25.1. The first-order chi connectivity index (χ1) is 15.5. The van der Waals surface area contributed by atoms with Gasteiger partial charge in [-0.3, -0.25) is 9.36 Å². The Morgan fingerprint density at radius 2 is 1.94 bits per heavy atom. The van der Waals surface area contributed by atoms with Crippen molar-refractivity contribution in [2.75, 3.05) is 7.11 Å². The SMILES string of the molecule is COc1cn(C(Cc2ccccc2)C(=O)O)c(=O)cc1-c1cc(Cl)ccc1-n1cnnn1. The summed E-state index contributed by atoms with van der Waals surface area (Å²) in [6.07, 6.45) is 2.97. The molecule has 0 aliphatic carbocycles. The van der Waals surface area contributed by atoms with Crippen LogP contribution in [0.5, 0.6) is 5.75 Å². The summed E-state index contributed by atoms with van der Waals surface area (Å²) in [6.45, 7) is 0. The largest absolute Gasteiger partial charge is 0.495 e. The summed E-state index contributed by atoms with van der Waals surface area (Å²) in [5.74, 6) is -0.816. The maximum atomic E-state index is 13.1. The number of aliphatic carboxylic acids is 1. The molecule has 32 heavy (non-hydrogen) atoms. The predicted molar refractivity (Wildman–Crippen MR) is 117 cm³/mol. The van der Waals surface area contributed by atoms with E-state index in [9.17, 15) is 14.7 Å². The standard InChI is InChI=1S/C22H18ClN5O4/c1-32-20-12-27(19(22(30)31)9-14-5-3-2-4-6-14)21(29)11-17(20)16-10-15(23)7-8-18(16)28-13-24-25-26-28/h2-8,10-13,19H,9H2,1H3,(H,30,31). The van der Waals surface area contributed by atoms with Gasteiger partial charge in [-0.05, 0) is 34.2 Å². The van der Waals surface area contributed by atoms with Crippen LogP contribution in [-0.2, 0) is 11.2 Å². The molecule has 4 rings (SSSR count). The Bertz CT molecular complexity index is 1310. The van der Waals surface area contributed by atoms with Crippen molar-refractivity contribution in [3.63, 3.8) is 0 Å². The van der Waals surface area contributed by atoms with Gasteiger partial charge in [-0.25, -0.2) is 4.79 Å². The Kier molecular flexibility index (Phi) is 6.00. The van der Waals surface area contributed by atoms with E-state index in [0.29, 0.717) is 27.6 Å². The number of rotatable bonds is 7. The summed E-state index contributed by atoms with van der Waals surface area (Å²) >= 11 is 6.21. The average Bonchev–Trinajstić information content (AvgIpc) is 3.33. The lowest BCUT2D eigenvalue weighted by molar-refractivity contribution is -0.141. The van der Waals surface area contributed by atoms with Crippen molar-refractivity contribution in [2.45, 2.75) is 12.5 Å². The quantitative estimate of drug-likeness (QED) is 0.459. The van der Waals surface area contributed by atoms with Crippen molar-refractivity contribution in [2.24, 2.45) is 0 Å². The molecule has 0 aliphatic heterocycles. The molecule has 2 aromatic heterocycles. The molecular weight excluding hydrogens is 434 g/mol. The van der Waals surface area contributed by atoms with Crippen LogP contribution in [0, 0.1) is 0 Å². The molecule has 0 saturated heterocycles. The second kappa shape index (κ2) is 9.03. The molecule has 0 fully saturated rings. The van der Waals surface area contributed by atoms with Gasteiger partial charge in [0.1, 0.15) is 18.1 Å². The summed E-state index contributed by atoms with van der Waals surface area (Å²) in [5, 5.41) is 21.5. The van der Waals surface area contributed by atoms with E-state index in [-0.39, 0.29) is 6.42 Å². The Balaban J connectivity index is 1.84. The number of hydrogen-bond acceptors (Lipinski definition) is 6. The number of methoxy groups -OCH3 is 1. The maximum absolute atomic E-state index is 13.1. The number of tetrazole rings is 1. The molecule has 0 aliphatic rings. The molecule has 0 radical (unpaired) electrons. The number of carboxylic acids is 1. The molecule has 4 aromatic rings. The van der Waals surface area contributed by atoms with Crippen molar-refractivity contribution >= 4 is 17.6 Å². The zero-order valence-electron chi connectivity index (χ0n) is 16.9. The molecule has 2 heterocycles. The van der Waals surface area contributed by atoms with Crippen LogP contribution in [0.25, 0.3) is 16.8 Å². The van der Waals surface area contributed by atoms with Crippen LogP contribution in [0.3, 0.4) is 0 Å².